The van der Waals surface area contributed by atoms with Crippen molar-refractivity contribution in [2.24, 2.45) is 5.92 Å². The lowest BCUT2D eigenvalue weighted by atomic mass is 10.1. The number of carbonyl (C=O) groups is 1. The van der Waals surface area contributed by atoms with E-state index in [1.165, 1.54) is 5.75 Å². The van der Waals surface area contributed by atoms with Crippen molar-refractivity contribution in [2.75, 3.05) is 11.5 Å². The Bertz CT molecular complexity index is 191. The van der Waals surface area contributed by atoms with E-state index in [9.17, 15) is 4.79 Å². The fourth-order valence-electron chi connectivity index (χ4n) is 1.23. The highest BCUT2D eigenvalue weighted by Gasteiger charge is 2.24. The van der Waals surface area contributed by atoms with E-state index in [0.29, 0.717) is 12.0 Å². The van der Waals surface area contributed by atoms with Crippen LogP contribution >= 0.6 is 11.8 Å². The summed E-state index contributed by atoms with van der Waals surface area (Å²) < 4.78 is 0. The van der Waals surface area contributed by atoms with Gasteiger partial charge in [0, 0.05) is 11.8 Å². The zero-order valence-electron chi connectivity index (χ0n) is 7.54. The average molecular weight is 185 g/mol. The molecule has 1 fully saturated rings. The van der Waals surface area contributed by atoms with E-state index < -0.39 is 0 Å². The van der Waals surface area contributed by atoms with E-state index in [0.717, 1.165) is 5.75 Å². The molecule has 0 aromatic heterocycles. The van der Waals surface area contributed by atoms with Gasteiger partial charge in [-0.3, -0.25) is 4.79 Å². The molecule has 3 heteroatoms. The molecule has 12 heavy (non-hydrogen) atoms. The fraction of sp³-hybridized carbons (Fsp3) is 0.667. The molecular weight excluding hydrogens is 170 g/mol. The molecule has 2 unspecified atom stereocenters. The standard InChI is InChI=1S/C9H15NOS/c1-3-4-9(11)10-8-6-12-5-7(8)2/h3-4,7-8H,5-6H2,1-2H3,(H,10,11)/b4-3+. The quantitative estimate of drug-likeness (QED) is 0.659. The molecule has 0 aromatic rings. The predicted octanol–water partition coefficient (Wildman–Crippen LogP) is 1.43. The summed E-state index contributed by atoms with van der Waals surface area (Å²) in [6.45, 7) is 4.03. The third-order valence-corrected chi connectivity index (χ3v) is 3.37. The van der Waals surface area contributed by atoms with Gasteiger partial charge in [-0.2, -0.15) is 11.8 Å². The first-order valence-electron chi connectivity index (χ1n) is 4.25. The van der Waals surface area contributed by atoms with Crippen molar-refractivity contribution in [1.29, 1.82) is 0 Å². The number of allylic oxidation sites excluding steroid dienone is 1. The molecule has 0 aliphatic carbocycles. The van der Waals surface area contributed by atoms with E-state index in [1.54, 1.807) is 12.2 Å². The molecule has 2 nitrogen and oxygen atoms in total. The summed E-state index contributed by atoms with van der Waals surface area (Å²) in [6.07, 6.45) is 3.35. The largest absolute Gasteiger partial charge is 0.349 e. The second kappa shape index (κ2) is 4.55. The molecule has 0 spiro atoms. The van der Waals surface area contributed by atoms with E-state index in [2.05, 4.69) is 12.2 Å². The summed E-state index contributed by atoms with van der Waals surface area (Å²) >= 11 is 1.91. The molecule has 0 saturated carbocycles. The van der Waals surface area contributed by atoms with Gasteiger partial charge in [0.1, 0.15) is 0 Å². The highest BCUT2D eigenvalue weighted by molar-refractivity contribution is 7.99. The van der Waals surface area contributed by atoms with Crippen LogP contribution < -0.4 is 5.32 Å². The Morgan fingerprint density at radius 1 is 1.58 bits per heavy atom. The van der Waals surface area contributed by atoms with Gasteiger partial charge in [0.05, 0.1) is 0 Å². The molecule has 1 N–H and O–H groups in total. The molecule has 2 atom stereocenters. The van der Waals surface area contributed by atoms with Crippen LogP contribution in [0.2, 0.25) is 0 Å². The van der Waals surface area contributed by atoms with Crippen LogP contribution in [0.4, 0.5) is 0 Å². The Balaban J connectivity index is 2.35. The topological polar surface area (TPSA) is 29.1 Å². The third kappa shape index (κ3) is 2.55. The van der Waals surface area contributed by atoms with Crippen LogP contribution in [-0.4, -0.2) is 23.5 Å². The van der Waals surface area contributed by atoms with Gasteiger partial charge < -0.3 is 5.32 Å². The minimum atomic E-state index is 0.0388. The number of carbonyl (C=O) groups excluding carboxylic acids is 1. The average Bonchev–Trinajstić information content (AvgIpc) is 2.37. The van der Waals surface area contributed by atoms with Crippen LogP contribution in [0.3, 0.4) is 0 Å². The molecule has 1 aliphatic rings. The van der Waals surface area contributed by atoms with Crippen LogP contribution in [-0.2, 0) is 4.79 Å². The zero-order valence-corrected chi connectivity index (χ0v) is 8.36. The molecule has 0 aromatic carbocycles. The monoisotopic (exact) mass is 185 g/mol. The molecule has 0 bridgehead atoms. The lowest BCUT2D eigenvalue weighted by molar-refractivity contribution is -0.117. The molecule has 1 amide bonds. The van der Waals surface area contributed by atoms with Crippen molar-refractivity contribution in [3.8, 4) is 0 Å². The first kappa shape index (κ1) is 9.65. The van der Waals surface area contributed by atoms with Gasteiger partial charge in [0.15, 0.2) is 0 Å². The van der Waals surface area contributed by atoms with Crippen LogP contribution in [0.25, 0.3) is 0 Å². The number of amides is 1. The normalized spacial score (nSPS) is 29.5. The Morgan fingerprint density at radius 2 is 2.33 bits per heavy atom. The van der Waals surface area contributed by atoms with Gasteiger partial charge in [-0.1, -0.05) is 13.0 Å². The molecular formula is C9H15NOS. The van der Waals surface area contributed by atoms with Gasteiger partial charge in [-0.05, 0) is 24.7 Å². The number of hydrogen-bond acceptors (Lipinski definition) is 2. The highest BCUT2D eigenvalue weighted by atomic mass is 32.2. The van der Waals surface area contributed by atoms with E-state index >= 15 is 0 Å². The Morgan fingerprint density at radius 3 is 2.83 bits per heavy atom. The second-order valence-corrected chi connectivity index (χ2v) is 4.20. The van der Waals surface area contributed by atoms with E-state index in [-0.39, 0.29) is 5.91 Å². The number of thioether (sulfide) groups is 1. The molecule has 0 radical (unpaired) electrons. The zero-order chi connectivity index (χ0) is 8.97. The van der Waals surface area contributed by atoms with Gasteiger partial charge >= 0.3 is 0 Å². The molecule has 1 aliphatic heterocycles. The van der Waals surface area contributed by atoms with Crippen molar-refractivity contribution in [1.82, 2.24) is 5.32 Å². The van der Waals surface area contributed by atoms with Crippen LogP contribution in [0.1, 0.15) is 13.8 Å². The maximum absolute atomic E-state index is 11.1. The molecule has 1 rings (SSSR count). The maximum atomic E-state index is 11.1. The minimum Gasteiger partial charge on any atom is -0.349 e. The van der Waals surface area contributed by atoms with E-state index in [1.807, 2.05) is 18.7 Å². The highest BCUT2D eigenvalue weighted by Crippen LogP contribution is 2.23. The Labute approximate surface area is 77.8 Å². The summed E-state index contributed by atoms with van der Waals surface area (Å²) in [4.78, 5) is 11.1. The smallest absolute Gasteiger partial charge is 0.243 e. The van der Waals surface area contributed by atoms with Crippen molar-refractivity contribution in [3.63, 3.8) is 0 Å². The van der Waals surface area contributed by atoms with Gasteiger partial charge in [-0.25, -0.2) is 0 Å². The number of nitrogens with one attached hydrogen (secondary N) is 1. The maximum Gasteiger partial charge on any atom is 0.243 e. The summed E-state index contributed by atoms with van der Waals surface area (Å²) in [5.74, 6) is 2.88. The first-order valence-corrected chi connectivity index (χ1v) is 5.40. The van der Waals surface area contributed by atoms with Gasteiger partial charge in [-0.15, -0.1) is 0 Å². The van der Waals surface area contributed by atoms with Gasteiger partial charge in [0.2, 0.25) is 5.91 Å². The number of hydrogen-bond donors (Lipinski definition) is 1. The first-order chi connectivity index (χ1) is 5.74. The van der Waals surface area contributed by atoms with Crippen LogP contribution in [0, 0.1) is 5.92 Å². The lowest BCUT2D eigenvalue weighted by Gasteiger charge is -2.14. The Hall–Kier alpha value is -0.440. The molecule has 1 heterocycles. The SMILES string of the molecule is C/C=C/C(=O)NC1CSCC1C. The molecule has 68 valence electrons. The summed E-state index contributed by atoms with van der Waals surface area (Å²) in [5.41, 5.74) is 0. The minimum absolute atomic E-state index is 0.0388. The Kier molecular flexibility index (Phi) is 3.66. The van der Waals surface area contributed by atoms with Crippen LogP contribution in [0.5, 0.6) is 0 Å². The lowest BCUT2D eigenvalue weighted by Crippen LogP contribution is -2.37. The predicted molar refractivity (Wildman–Crippen MR) is 53.2 cm³/mol. The second-order valence-electron chi connectivity index (χ2n) is 3.13. The van der Waals surface area contributed by atoms with Gasteiger partial charge in [0.25, 0.3) is 0 Å². The summed E-state index contributed by atoms with van der Waals surface area (Å²) in [6, 6.07) is 0.374. The summed E-state index contributed by atoms with van der Waals surface area (Å²) in [5, 5.41) is 2.98. The summed E-state index contributed by atoms with van der Waals surface area (Å²) in [7, 11) is 0. The third-order valence-electron chi connectivity index (χ3n) is 2.01. The van der Waals surface area contributed by atoms with Crippen molar-refractivity contribution >= 4 is 17.7 Å². The fourth-order valence-corrected chi connectivity index (χ4v) is 2.63. The molecule has 1 saturated heterocycles. The van der Waals surface area contributed by atoms with Crippen molar-refractivity contribution in [3.05, 3.63) is 12.2 Å². The number of rotatable bonds is 2. The van der Waals surface area contributed by atoms with Crippen molar-refractivity contribution < 1.29 is 4.79 Å². The van der Waals surface area contributed by atoms with Crippen molar-refractivity contribution in [2.45, 2.75) is 19.9 Å². The van der Waals surface area contributed by atoms with E-state index in [4.69, 9.17) is 0 Å². The van der Waals surface area contributed by atoms with Crippen LogP contribution in [0.15, 0.2) is 12.2 Å².